The number of rotatable bonds is 2. The topological polar surface area (TPSA) is 67.5 Å². The highest BCUT2D eigenvalue weighted by Crippen LogP contribution is 2.48. The molecule has 30 heavy (non-hydrogen) atoms. The molecule has 1 aliphatic rings. The Kier molecular flexibility index (Phi) is 4.81. The number of benzene rings is 2. The predicted octanol–water partition coefficient (Wildman–Crippen LogP) is 2.37. The van der Waals surface area contributed by atoms with Gasteiger partial charge in [-0.1, -0.05) is 60.7 Å². The van der Waals surface area contributed by atoms with Gasteiger partial charge in [0.1, 0.15) is 5.82 Å². The molecule has 1 amide bonds. The van der Waals surface area contributed by atoms with Crippen LogP contribution in [0.2, 0.25) is 0 Å². The Morgan fingerprint density at radius 1 is 0.767 bits per heavy atom. The van der Waals surface area contributed by atoms with Gasteiger partial charge in [-0.15, -0.1) is 0 Å². The van der Waals surface area contributed by atoms with Crippen molar-refractivity contribution in [2.45, 2.75) is 19.0 Å². The smallest absolute Gasteiger partial charge is 0.332 e. The van der Waals surface area contributed by atoms with Gasteiger partial charge in [0.25, 0.3) is 5.56 Å². The molecule has 0 N–H and O–H groups in total. The molecule has 0 saturated heterocycles. The fourth-order valence-corrected chi connectivity index (χ4v) is 4.45. The van der Waals surface area contributed by atoms with E-state index in [1.165, 1.54) is 18.5 Å². The maximum atomic E-state index is 13.2. The molecule has 4 rings (SSSR count). The summed E-state index contributed by atoms with van der Waals surface area (Å²) in [5.41, 5.74) is 1.20. The Labute approximate surface area is 174 Å². The molecule has 0 radical (unpaired) electrons. The summed E-state index contributed by atoms with van der Waals surface area (Å²) in [4.78, 5) is 42.3. The van der Waals surface area contributed by atoms with E-state index in [4.69, 9.17) is 0 Å². The van der Waals surface area contributed by atoms with Crippen molar-refractivity contribution >= 4 is 17.4 Å². The number of carbonyl (C=O) groups excluding carboxylic acids is 1. The lowest BCUT2D eigenvalue weighted by Gasteiger charge is -2.47. The highest BCUT2D eigenvalue weighted by molar-refractivity contribution is 5.96. The molecule has 2 atom stereocenters. The van der Waals surface area contributed by atoms with E-state index < -0.39 is 17.3 Å². The molecule has 7 heteroatoms. The number of anilines is 2. The number of likely N-dealkylation sites (N-methyl/N-ethyl adjacent to an activating group) is 1. The van der Waals surface area contributed by atoms with E-state index in [2.05, 4.69) is 0 Å². The summed E-state index contributed by atoms with van der Waals surface area (Å²) in [5.74, 6) is 0.175. The van der Waals surface area contributed by atoms with E-state index in [1.54, 1.807) is 11.9 Å². The van der Waals surface area contributed by atoms with Crippen LogP contribution in [0.4, 0.5) is 11.5 Å². The zero-order valence-corrected chi connectivity index (χ0v) is 17.4. The van der Waals surface area contributed by atoms with Gasteiger partial charge in [-0.25, -0.2) is 4.79 Å². The van der Waals surface area contributed by atoms with Gasteiger partial charge in [-0.3, -0.25) is 23.6 Å². The summed E-state index contributed by atoms with van der Waals surface area (Å²) in [5, 5.41) is 0. The third-order valence-corrected chi connectivity index (χ3v) is 5.80. The van der Waals surface area contributed by atoms with Crippen LogP contribution in [0.5, 0.6) is 0 Å². The summed E-state index contributed by atoms with van der Waals surface area (Å²) in [7, 11) is 4.92. The second-order valence-electron chi connectivity index (χ2n) is 7.59. The first-order chi connectivity index (χ1) is 14.3. The third kappa shape index (κ3) is 2.85. The minimum Gasteiger partial charge on any atom is -0.350 e. The van der Waals surface area contributed by atoms with Gasteiger partial charge < -0.3 is 4.90 Å². The minimum atomic E-state index is -0.484. The predicted molar refractivity (Wildman–Crippen MR) is 117 cm³/mol. The number of hydrogen-bond donors (Lipinski definition) is 0. The quantitative estimate of drug-likeness (QED) is 0.658. The van der Waals surface area contributed by atoms with Gasteiger partial charge in [0.05, 0.1) is 12.1 Å². The number of aromatic nitrogens is 2. The van der Waals surface area contributed by atoms with Gasteiger partial charge in [-0.2, -0.15) is 0 Å². The standard InChI is InChI=1S/C23H24N4O3/c1-15(28)27-19(17-13-9-6-10-14-17)18(16-11-7-5-8-12-16)24(2)21-20(27)22(29)26(4)23(30)25(21)3/h5-14,18-19H,1-4H3. The van der Waals surface area contributed by atoms with Gasteiger partial charge >= 0.3 is 5.69 Å². The number of amides is 1. The first-order valence-corrected chi connectivity index (χ1v) is 9.77. The van der Waals surface area contributed by atoms with E-state index in [9.17, 15) is 14.4 Å². The molecule has 2 heterocycles. The first-order valence-electron chi connectivity index (χ1n) is 9.77. The van der Waals surface area contributed by atoms with Crippen LogP contribution in [0.3, 0.4) is 0 Å². The molecule has 2 unspecified atom stereocenters. The molecule has 0 fully saturated rings. The van der Waals surface area contributed by atoms with Crippen molar-refractivity contribution in [2.24, 2.45) is 14.1 Å². The maximum Gasteiger partial charge on any atom is 0.332 e. The zero-order chi connectivity index (χ0) is 21.6. The molecule has 1 aromatic heterocycles. The average molecular weight is 404 g/mol. The van der Waals surface area contributed by atoms with Crippen molar-refractivity contribution in [2.75, 3.05) is 16.8 Å². The Hall–Kier alpha value is -3.61. The summed E-state index contributed by atoms with van der Waals surface area (Å²) >= 11 is 0. The van der Waals surface area contributed by atoms with Crippen molar-refractivity contribution in [3.05, 3.63) is 92.6 Å². The first kappa shape index (κ1) is 19.7. The van der Waals surface area contributed by atoms with Crippen molar-refractivity contribution < 1.29 is 4.79 Å². The fourth-order valence-electron chi connectivity index (χ4n) is 4.45. The number of nitrogens with zero attached hydrogens (tertiary/aromatic N) is 4. The fraction of sp³-hybridized carbons (Fsp3) is 0.261. The Morgan fingerprint density at radius 3 is 1.77 bits per heavy atom. The van der Waals surface area contributed by atoms with Gasteiger partial charge in [-0.05, 0) is 11.1 Å². The SMILES string of the molecule is CC(=O)N1c2c(n(C)c(=O)n(C)c2=O)N(C)C(c2ccccc2)C1c1ccccc1. The lowest BCUT2D eigenvalue weighted by molar-refractivity contribution is -0.117. The Balaban J connectivity index is 2.12. The third-order valence-electron chi connectivity index (χ3n) is 5.80. The van der Waals surface area contributed by atoms with E-state index in [-0.39, 0.29) is 17.6 Å². The van der Waals surface area contributed by atoms with Crippen LogP contribution in [-0.2, 0) is 18.9 Å². The van der Waals surface area contributed by atoms with Crippen LogP contribution >= 0.6 is 0 Å². The number of hydrogen-bond acceptors (Lipinski definition) is 4. The van der Waals surface area contributed by atoms with E-state index >= 15 is 0 Å². The molecule has 1 aliphatic heterocycles. The second kappa shape index (κ2) is 7.33. The van der Waals surface area contributed by atoms with Gasteiger partial charge in [0.15, 0.2) is 5.69 Å². The van der Waals surface area contributed by atoms with Crippen molar-refractivity contribution in [1.82, 2.24) is 9.13 Å². The monoisotopic (exact) mass is 404 g/mol. The second-order valence-corrected chi connectivity index (χ2v) is 7.59. The van der Waals surface area contributed by atoms with Crippen molar-refractivity contribution in [3.8, 4) is 0 Å². The van der Waals surface area contributed by atoms with E-state index in [1.807, 2.05) is 72.6 Å². The molecule has 7 nitrogen and oxygen atoms in total. The molecule has 3 aromatic rings. The summed E-state index contributed by atoms with van der Waals surface area (Å²) in [6.07, 6.45) is 0. The average Bonchev–Trinajstić information content (AvgIpc) is 2.76. The van der Waals surface area contributed by atoms with Crippen molar-refractivity contribution in [1.29, 1.82) is 0 Å². The molecule has 0 saturated carbocycles. The highest BCUT2D eigenvalue weighted by atomic mass is 16.2. The van der Waals surface area contributed by atoms with Crippen LogP contribution in [-0.4, -0.2) is 22.1 Å². The van der Waals surface area contributed by atoms with Crippen LogP contribution in [0, 0.1) is 0 Å². The summed E-state index contributed by atoms with van der Waals surface area (Å²) in [6.45, 7) is 1.46. The van der Waals surface area contributed by atoms with Gasteiger partial charge in [0.2, 0.25) is 5.91 Å². The maximum absolute atomic E-state index is 13.2. The van der Waals surface area contributed by atoms with Crippen molar-refractivity contribution in [3.63, 3.8) is 0 Å². The Morgan fingerprint density at radius 2 is 1.27 bits per heavy atom. The lowest BCUT2D eigenvalue weighted by atomic mass is 9.88. The molecule has 2 aromatic carbocycles. The Bertz CT molecular complexity index is 1210. The molecular formula is C23H24N4O3. The van der Waals surface area contributed by atoms with E-state index in [0.717, 1.165) is 15.7 Å². The largest absolute Gasteiger partial charge is 0.350 e. The highest BCUT2D eigenvalue weighted by Gasteiger charge is 2.44. The zero-order valence-electron chi connectivity index (χ0n) is 17.4. The normalized spacial score (nSPS) is 18.3. The molecule has 0 spiro atoms. The summed E-state index contributed by atoms with van der Waals surface area (Å²) in [6, 6.07) is 18.8. The molecular weight excluding hydrogens is 380 g/mol. The minimum absolute atomic E-state index is 0.218. The van der Waals surface area contributed by atoms with Gasteiger partial charge in [0, 0.05) is 28.1 Å². The number of fused-ring (bicyclic) bond motifs is 1. The molecule has 0 aliphatic carbocycles. The molecule has 0 bridgehead atoms. The lowest BCUT2D eigenvalue weighted by Crippen LogP contribution is -2.53. The van der Waals surface area contributed by atoms with Crippen LogP contribution in [0.1, 0.15) is 30.1 Å². The van der Waals surface area contributed by atoms with Crippen LogP contribution in [0.15, 0.2) is 70.3 Å². The van der Waals surface area contributed by atoms with E-state index in [0.29, 0.717) is 5.82 Å². The van der Waals surface area contributed by atoms with Crippen LogP contribution in [0.25, 0.3) is 0 Å². The number of carbonyl (C=O) groups is 1. The van der Waals surface area contributed by atoms with Crippen LogP contribution < -0.4 is 21.0 Å². The molecule has 154 valence electrons. The summed E-state index contributed by atoms with van der Waals surface area (Å²) < 4.78 is 2.48.